The molecular formula is C14H10F3N3O2. The van der Waals surface area contributed by atoms with E-state index in [-0.39, 0.29) is 5.56 Å². The van der Waals surface area contributed by atoms with Crippen LogP contribution in [0.2, 0.25) is 0 Å². The van der Waals surface area contributed by atoms with Gasteiger partial charge in [-0.1, -0.05) is 0 Å². The van der Waals surface area contributed by atoms with Crippen LogP contribution in [0.1, 0.15) is 15.9 Å². The van der Waals surface area contributed by atoms with Gasteiger partial charge in [-0.25, -0.2) is 4.79 Å². The molecule has 0 amide bonds. The monoisotopic (exact) mass is 309 g/mol. The summed E-state index contributed by atoms with van der Waals surface area (Å²) in [5.74, 6) is -1.15. The van der Waals surface area contributed by atoms with Gasteiger partial charge in [0.1, 0.15) is 5.56 Å². The molecule has 0 aliphatic rings. The Morgan fingerprint density at radius 2 is 2.05 bits per heavy atom. The van der Waals surface area contributed by atoms with Gasteiger partial charge >= 0.3 is 12.1 Å². The zero-order valence-electron chi connectivity index (χ0n) is 11.3. The summed E-state index contributed by atoms with van der Waals surface area (Å²) >= 11 is 0. The van der Waals surface area contributed by atoms with Crippen LogP contribution in [0.25, 0.3) is 22.3 Å². The quantitative estimate of drug-likeness (QED) is 0.763. The molecule has 0 saturated heterocycles. The fourth-order valence-electron chi connectivity index (χ4n) is 2.35. The maximum Gasteiger partial charge on any atom is 0.416 e. The lowest BCUT2D eigenvalue weighted by Gasteiger charge is -2.05. The maximum absolute atomic E-state index is 12.7. The van der Waals surface area contributed by atoms with Gasteiger partial charge in [-0.05, 0) is 24.3 Å². The van der Waals surface area contributed by atoms with Gasteiger partial charge in [0.15, 0.2) is 0 Å². The average Bonchev–Trinajstić information content (AvgIpc) is 2.99. The highest BCUT2D eigenvalue weighted by atomic mass is 19.4. The molecule has 3 aromatic rings. The Kier molecular flexibility index (Phi) is 2.98. The number of carbonyl (C=O) groups is 1. The summed E-state index contributed by atoms with van der Waals surface area (Å²) in [7, 11) is 1.56. The highest BCUT2D eigenvalue weighted by Crippen LogP contribution is 2.33. The SMILES string of the molecule is Cn1ncc(C(=O)O)c1-c1cc2cc(C(F)(F)F)ccc2[nH]1. The Balaban J connectivity index is 2.18. The fraction of sp³-hybridized carbons (Fsp3) is 0.143. The van der Waals surface area contributed by atoms with E-state index in [2.05, 4.69) is 10.1 Å². The van der Waals surface area contributed by atoms with Crippen molar-refractivity contribution in [1.29, 1.82) is 0 Å². The van der Waals surface area contributed by atoms with E-state index in [1.807, 2.05) is 0 Å². The van der Waals surface area contributed by atoms with Crippen molar-refractivity contribution in [2.75, 3.05) is 0 Å². The van der Waals surface area contributed by atoms with E-state index in [0.717, 1.165) is 12.1 Å². The number of aromatic carboxylic acids is 1. The molecule has 0 aliphatic carbocycles. The molecule has 0 atom stereocenters. The van der Waals surface area contributed by atoms with Crippen molar-refractivity contribution >= 4 is 16.9 Å². The van der Waals surface area contributed by atoms with Gasteiger partial charge in [-0.3, -0.25) is 4.68 Å². The molecule has 1 aromatic carbocycles. The number of nitrogens with zero attached hydrogens (tertiary/aromatic N) is 2. The second-order valence-corrected chi connectivity index (χ2v) is 4.82. The van der Waals surface area contributed by atoms with Crippen LogP contribution in [0, 0.1) is 0 Å². The third-order valence-electron chi connectivity index (χ3n) is 3.37. The second-order valence-electron chi connectivity index (χ2n) is 4.82. The van der Waals surface area contributed by atoms with Crippen LogP contribution in [0.3, 0.4) is 0 Å². The molecule has 0 bridgehead atoms. The van der Waals surface area contributed by atoms with Gasteiger partial charge in [0.2, 0.25) is 0 Å². The number of aryl methyl sites for hydroxylation is 1. The molecule has 2 N–H and O–H groups in total. The molecule has 0 spiro atoms. The number of halogens is 3. The standard InChI is InChI=1S/C14H10F3N3O2/c1-20-12(9(6-18-20)13(21)22)11-5-7-4-8(14(15,16)17)2-3-10(7)19-11/h2-6,19H,1H3,(H,21,22). The molecule has 0 radical (unpaired) electrons. The largest absolute Gasteiger partial charge is 0.478 e. The van der Waals surface area contributed by atoms with Crippen LogP contribution < -0.4 is 0 Å². The molecule has 8 heteroatoms. The van der Waals surface area contributed by atoms with E-state index in [0.29, 0.717) is 22.3 Å². The molecule has 0 fully saturated rings. The molecule has 3 rings (SSSR count). The summed E-state index contributed by atoms with van der Waals surface area (Å²) < 4.78 is 39.5. The zero-order valence-corrected chi connectivity index (χ0v) is 11.3. The Morgan fingerprint density at radius 3 is 2.68 bits per heavy atom. The Morgan fingerprint density at radius 1 is 1.32 bits per heavy atom. The summed E-state index contributed by atoms with van der Waals surface area (Å²) in [5, 5.41) is 13.4. The van der Waals surface area contributed by atoms with Gasteiger partial charge in [0.25, 0.3) is 0 Å². The van der Waals surface area contributed by atoms with Crippen LogP contribution in [0.4, 0.5) is 13.2 Å². The summed E-state index contributed by atoms with van der Waals surface area (Å²) in [6.45, 7) is 0. The van der Waals surface area contributed by atoms with Gasteiger partial charge in [-0.2, -0.15) is 18.3 Å². The molecule has 2 aromatic heterocycles. The number of H-pyrrole nitrogens is 1. The normalized spacial score (nSPS) is 12.0. The van der Waals surface area contributed by atoms with Crippen molar-refractivity contribution in [3.05, 3.63) is 41.6 Å². The van der Waals surface area contributed by atoms with E-state index in [9.17, 15) is 18.0 Å². The number of benzene rings is 1. The number of rotatable bonds is 2. The number of hydrogen-bond donors (Lipinski definition) is 2. The number of hydrogen-bond acceptors (Lipinski definition) is 2. The van der Waals surface area contributed by atoms with E-state index >= 15 is 0 Å². The minimum absolute atomic E-state index is 0.0231. The minimum Gasteiger partial charge on any atom is -0.478 e. The lowest BCUT2D eigenvalue weighted by molar-refractivity contribution is -0.137. The third kappa shape index (κ3) is 2.22. The molecule has 114 valence electrons. The topological polar surface area (TPSA) is 70.9 Å². The first-order chi connectivity index (χ1) is 10.3. The van der Waals surface area contributed by atoms with Gasteiger partial charge in [-0.15, -0.1) is 0 Å². The number of carboxylic acids is 1. The van der Waals surface area contributed by atoms with Gasteiger partial charge in [0, 0.05) is 18.0 Å². The van der Waals surface area contributed by atoms with Gasteiger partial charge in [0.05, 0.1) is 23.1 Å². The lowest BCUT2D eigenvalue weighted by Crippen LogP contribution is -2.03. The predicted octanol–water partition coefficient (Wildman–Crippen LogP) is 3.29. The number of alkyl halides is 3. The fourth-order valence-corrected chi connectivity index (χ4v) is 2.35. The second kappa shape index (κ2) is 4.62. The average molecular weight is 309 g/mol. The first-order valence-corrected chi connectivity index (χ1v) is 6.23. The summed E-state index contributed by atoms with van der Waals surface area (Å²) in [4.78, 5) is 14.1. The molecule has 22 heavy (non-hydrogen) atoms. The zero-order chi connectivity index (χ0) is 16.1. The Bertz CT molecular complexity index is 877. The number of carboxylic acid groups (broad SMARTS) is 1. The van der Waals surface area contributed by atoms with Crippen molar-refractivity contribution in [1.82, 2.24) is 14.8 Å². The van der Waals surface area contributed by atoms with Crippen molar-refractivity contribution < 1.29 is 23.1 Å². The van der Waals surface area contributed by atoms with Crippen LogP contribution in [0.5, 0.6) is 0 Å². The summed E-state index contributed by atoms with van der Waals surface area (Å²) in [6.07, 6.45) is -3.23. The van der Waals surface area contributed by atoms with Crippen molar-refractivity contribution in [3.8, 4) is 11.4 Å². The van der Waals surface area contributed by atoms with E-state index in [4.69, 9.17) is 5.11 Å². The summed E-state index contributed by atoms with van der Waals surface area (Å²) in [6, 6.07) is 4.79. The third-order valence-corrected chi connectivity index (χ3v) is 3.37. The molecule has 0 aliphatic heterocycles. The van der Waals surface area contributed by atoms with Crippen molar-refractivity contribution in [2.45, 2.75) is 6.18 Å². The molecule has 0 unspecified atom stereocenters. The molecule has 5 nitrogen and oxygen atoms in total. The first-order valence-electron chi connectivity index (χ1n) is 6.23. The highest BCUT2D eigenvalue weighted by molar-refractivity contribution is 5.96. The molecular weight excluding hydrogens is 299 g/mol. The maximum atomic E-state index is 12.7. The Hall–Kier alpha value is -2.77. The minimum atomic E-state index is -4.43. The smallest absolute Gasteiger partial charge is 0.416 e. The predicted molar refractivity (Wildman–Crippen MR) is 72.5 cm³/mol. The van der Waals surface area contributed by atoms with Crippen LogP contribution >= 0.6 is 0 Å². The van der Waals surface area contributed by atoms with E-state index in [1.54, 1.807) is 7.05 Å². The van der Waals surface area contributed by atoms with Crippen LogP contribution in [-0.2, 0) is 13.2 Å². The number of aromatic nitrogens is 3. The number of fused-ring (bicyclic) bond motifs is 1. The number of nitrogens with one attached hydrogen (secondary N) is 1. The molecule has 2 heterocycles. The Labute approximate surface area is 122 Å². The van der Waals surface area contributed by atoms with Crippen LogP contribution in [0.15, 0.2) is 30.5 Å². The van der Waals surface area contributed by atoms with E-state index < -0.39 is 17.7 Å². The van der Waals surface area contributed by atoms with Crippen molar-refractivity contribution in [2.24, 2.45) is 7.05 Å². The lowest BCUT2D eigenvalue weighted by atomic mass is 10.1. The highest BCUT2D eigenvalue weighted by Gasteiger charge is 2.30. The van der Waals surface area contributed by atoms with Gasteiger partial charge < -0.3 is 10.1 Å². The van der Waals surface area contributed by atoms with Crippen molar-refractivity contribution in [3.63, 3.8) is 0 Å². The summed E-state index contributed by atoms with van der Waals surface area (Å²) in [5.41, 5.74) is 0.406. The first kappa shape index (κ1) is 14.2. The van der Waals surface area contributed by atoms with Crippen LogP contribution in [-0.4, -0.2) is 25.8 Å². The number of aromatic amines is 1. The molecule has 0 saturated carbocycles. The van der Waals surface area contributed by atoms with E-state index in [1.165, 1.54) is 23.0 Å².